The van der Waals surface area contributed by atoms with Gasteiger partial charge in [0.2, 0.25) is 0 Å². The molecule has 0 radical (unpaired) electrons. The van der Waals surface area contributed by atoms with Crippen LogP contribution in [0.15, 0.2) is 0 Å². The Morgan fingerprint density at radius 3 is 1.50 bits per heavy atom. The molecule has 0 unspecified atom stereocenters. The van der Waals surface area contributed by atoms with Gasteiger partial charge in [0, 0.05) is 18.2 Å². The van der Waals surface area contributed by atoms with Crippen molar-refractivity contribution in [3.63, 3.8) is 0 Å². The Labute approximate surface area is 112 Å². The molecule has 0 fully saturated rings. The minimum Gasteiger partial charge on any atom is -0.464 e. The van der Waals surface area contributed by atoms with Gasteiger partial charge in [-0.15, -0.1) is 0 Å². The molecule has 4 nitrogen and oxygen atoms in total. The molecule has 94 valence electrons. The predicted molar refractivity (Wildman–Crippen MR) is 67.9 cm³/mol. The summed E-state index contributed by atoms with van der Waals surface area (Å²) in [6.07, 6.45) is 0. The second-order valence-corrected chi connectivity index (χ2v) is 7.50. The van der Waals surface area contributed by atoms with Crippen LogP contribution in [0, 0.1) is 0 Å². The van der Waals surface area contributed by atoms with Gasteiger partial charge >= 0.3 is 11.9 Å². The maximum atomic E-state index is 10.8. The van der Waals surface area contributed by atoms with Crippen LogP contribution in [-0.2, 0) is 19.1 Å². The number of hydrogen-bond acceptors (Lipinski definition) is 4. The summed E-state index contributed by atoms with van der Waals surface area (Å²) < 4.78 is 8.86. The maximum absolute atomic E-state index is 10.8. The highest BCUT2D eigenvalue weighted by Crippen LogP contribution is 2.38. The van der Waals surface area contributed by atoms with Crippen molar-refractivity contribution in [3.8, 4) is 0 Å². The monoisotopic (exact) mass is 358 g/mol. The number of esters is 2. The van der Waals surface area contributed by atoms with Crippen molar-refractivity contribution in [3.05, 3.63) is 0 Å². The lowest BCUT2D eigenvalue weighted by molar-refractivity contribution is -0.145. The first kappa shape index (κ1) is 15.9. The van der Waals surface area contributed by atoms with Crippen molar-refractivity contribution in [2.75, 3.05) is 13.2 Å². The Balaban J connectivity index is 4.61. The molecule has 0 aliphatic carbocycles. The van der Waals surface area contributed by atoms with E-state index in [0.29, 0.717) is 0 Å². The molecule has 0 heterocycles. The normalized spacial score (nSPS) is 12.1. The fourth-order valence-corrected chi connectivity index (χ4v) is 1.27. The summed E-state index contributed by atoms with van der Waals surface area (Å²) in [7, 11) is 0. The molecule has 0 bridgehead atoms. The van der Waals surface area contributed by atoms with Crippen LogP contribution in [0.5, 0.6) is 0 Å². The van der Waals surface area contributed by atoms with E-state index in [0.717, 1.165) is 0 Å². The summed E-state index contributed by atoms with van der Waals surface area (Å²) >= 11 is 6.93. The molecule has 0 spiro atoms. The lowest BCUT2D eigenvalue weighted by Gasteiger charge is -2.36. The number of halogens is 2. The Bertz CT molecular complexity index is 252. The van der Waals surface area contributed by atoms with Crippen molar-refractivity contribution in [2.45, 2.75) is 36.3 Å². The van der Waals surface area contributed by atoms with Gasteiger partial charge in [0.1, 0.15) is 17.5 Å². The van der Waals surface area contributed by atoms with E-state index < -0.39 is 8.65 Å². The minimum absolute atomic E-state index is 0.119. The van der Waals surface area contributed by atoms with Crippen LogP contribution in [0.2, 0.25) is 0 Å². The van der Waals surface area contributed by atoms with E-state index >= 15 is 0 Å². The molecule has 0 amide bonds. The summed E-state index contributed by atoms with van der Waals surface area (Å²) in [5, 5.41) is 0. The zero-order chi connectivity index (χ0) is 13.0. The molecule has 0 aliphatic heterocycles. The van der Waals surface area contributed by atoms with Gasteiger partial charge < -0.3 is 9.47 Å². The minimum atomic E-state index is -0.655. The van der Waals surface area contributed by atoms with Crippen molar-refractivity contribution in [2.24, 2.45) is 0 Å². The highest BCUT2D eigenvalue weighted by atomic mass is 79.9. The van der Waals surface area contributed by atoms with Gasteiger partial charge in [-0.2, -0.15) is 0 Å². The van der Waals surface area contributed by atoms with Crippen LogP contribution in [-0.4, -0.2) is 33.8 Å². The van der Waals surface area contributed by atoms with Crippen molar-refractivity contribution in [1.82, 2.24) is 0 Å². The zero-order valence-electron chi connectivity index (χ0n) is 9.80. The second kappa shape index (κ2) is 6.00. The molecule has 0 saturated heterocycles. The van der Waals surface area contributed by atoms with E-state index in [9.17, 15) is 9.59 Å². The highest BCUT2D eigenvalue weighted by Gasteiger charge is 2.43. The number of alkyl halides is 2. The van der Waals surface area contributed by atoms with Crippen LogP contribution in [0.1, 0.15) is 27.7 Å². The number of hydrogen-bond donors (Lipinski definition) is 0. The maximum Gasteiger partial charge on any atom is 0.302 e. The first-order valence-corrected chi connectivity index (χ1v) is 6.31. The van der Waals surface area contributed by atoms with Gasteiger partial charge in [-0.05, 0) is 13.8 Å². The van der Waals surface area contributed by atoms with Gasteiger partial charge in [-0.25, -0.2) is 0 Å². The first-order valence-electron chi connectivity index (χ1n) is 4.73. The van der Waals surface area contributed by atoms with E-state index in [2.05, 4.69) is 31.9 Å². The van der Waals surface area contributed by atoms with Crippen LogP contribution in [0.25, 0.3) is 0 Å². The molecule has 0 aliphatic rings. The molecule has 0 saturated carbocycles. The van der Waals surface area contributed by atoms with E-state index in [4.69, 9.17) is 9.47 Å². The van der Waals surface area contributed by atoms with E-state index in [1.54, 1.807) is 0 Å². The van der Waals surface area contributed by atoms with E-state index in [1.807, 2.05) is 13.8 Å². The van der Waals surface area contributed by atoms with Gasteiger partial charge in [-0.1, -0.05) is 31.9 Å². The molecule has 0 atom stereocenters. The van der Waals surface area contributed by atoms with Gasteiger partial charge in [-0.3, -0.25) is 9.59 Å². The average Bonchev–Trinajstić information content (AvgIpc) is 2.09. The highest BCUT2D eigenvalue weighted by molar-refractivity contribution is 9.13. The third-order valence-electron chi connectivity index (χ3n) is 2.07. The van der Waals surface area contributed by atoms with Gasteiger partial charge in [0.05, 0.1) is 0 Å². The fourth-order valence-electron chi connectivity index (χ4n) is 0.817. The lowest BCUT2D eigenvalue weighted by atomic mass is 9.97. The third-order valence-corrected chi connectivity index (χ3v) is 4.81. The van der Waals surface area contributed by atoms with Gasteiger partial charge in [0.15, 0.2) is 0 Å². The first-order chi connectivity index (χ1) is 7.08. The third kappa shape index (κ3) is 5.30. The summed E-state index contributed by atoms with van der Waals surface area (Å²) in [5.74, 6) is -0.744. The summed E-state index contributed by atoms with van der Waals surface area (Å²) in [6, 6.07) is 0. The average molecular weight is 360 g/mol. The lowest BCUT2D eigenvalue weighted by Crippen LogP contribution is -2.48. The Kier molecular flexibility index (Phi) is 5.96. The summed E-state index contributed by atoms with van der Waals surface area (Å²) in [5.41, 5.74) is 0. The van der Waals surface area contributed by atoms with Crippen molar-refractivity contribution < 1.29 is 19.1 Å². The Morgan fingerprint density at radius 1 is 1.00 bits per heavy atom. The van der Waals surface area contributed by atoms with E-state index in [1.165, 1.54) is 13.8 Å². The SMILES string of the molecule is CC(=O)OCC(Br)(COC(C)=O)C(C)(C)Br. The Morgan fingerprint density at radius 2 is 1.31 bits per heavy atom. The smallest absolute Gasteiger partial charge is 0.302 e. The number of carbonyl (C=O) groups excluding carboxylic acids is 2. The molecule has 0 N–H and O–H groups in total. The fraction of sp³-hybridized carbons (Fsp3) is 0.800. The van der Waals surface area contributed by atoms with Crippen LogP contribution in [0.4, 0.5) is 0 Å². The molecule has 0 aromatic carbocycles. The molecular weight excluding hydrogens is 344 g/mol. The second-order valence-electron chi connectivity index (χ2n) is 4.00. The largest absolute Gasteiger partial charge is 0.464 e. The molecular formula is C10H16Br2O4. The molecule has 0 rings (SSSR count). The van der Waals surface area contributed by atoms with Crippen LogP contribution in [0.3, 0.4) is 0 Å². The number of carbonyl (C=O) groups is 2. The summed E-state index contributed by atoms with van der Waals surface area (Å²) in [4.78, 5) is 21.6. The quantitative estimate of drug-likeness (QED) is 0.558. The Hall–Kier alpha value is -0.100. The molecule has 16 heavy (non-hydrogen) atoms. The van der Waals surface area contributed by atoms with E-state index in [-0.39, 0.29) is 25.2 Å². The van der Waals surface area contributed by atoms with Crippen LogP contribution >= 0.6 is 31.9 Å². The van der Waals surface area contributed by atoms with Crippen molar-refractivity contribution >= 4 is 43.8 Å². The van der Waals surface area contributed by atoms with Crippen LogP contribution < -0.4 is 0 Å². The molecule has 0 aromatic rings. The predicted octanol–water partition coefficient (Wildman–Crippen LogP) is 2.42. The number of rotatable bonds is 5. The number of ether oxygens (including phenoxy) is 2. The van der Waals surface area contributed by atoms with Crippen molar-refractivity contribution in [1.29, 1.82) is 0 Å². The summed E-state index contributed by atoms with van der Waals surface area (Å²) in [6.45, 7) is 6.70. The molecule has 0 aromatic heterocycles. The topological polar surface area (TPSA) is 52.6 Å². The zero-order valence-corrected chi connectivity index (χ0v) is 13.0. The molecule has 6 heteroatoms. The standard InChI is InChI=1S/C10H16Br2O4/c1-7(13)15-5-10(12,9(3,4)11)6-16-8(2)14/h5-6H2,1-4H3. The van der Waals surface area contributed by atoms with Gasteiger partial charge in [0.25, 0.3) is 0 Å².